The molecule has 0 radical (unpaired) electrons. The number of phosphoric acid groups is 1. The monoisotopic (exact) mass is 593 g/mol. The van der Waals surface area contributed by atoms with Gasteiger partial charge in [-0.2, -0.15) is 0 Å². The van der Waals surface area contributed by atoms with Crippen molar-refractivity contribution in [1.29, 1.82) is 0 Å². The molecule has 0 aliphatic heterocycles. The molecule has 0 aliphatic carbocycles. The second-order valence-corrected chi connectivity index (χ2v) is 6.27. The Morgan fingerprint density at radius 2 is 1.03 bits per heavy atom. The Labute approximate surface area is 299 Å². The summed E-state index contributed by atoms with van der Waals surface area (Å²) >= 11 is 0. The molecular weight excluding hydrogens is 543 g/mol. The fraction of sp³-hybridized carbons (Fsp3) is 0.185. The second kappa shape index (κ2) is 29.2. The summed E-state index contributed by atoms with van der Waals surface area (Å²) in [5, 5.41) is 0. The Balaban J connectivity index is -0.0000000292. The van der Waals surface area contributed by atoms with Gasteiger partial charge < -0.3 is 34.5 Å². The average Bonchev–Trinajstić information content (AvgIpc) is 2.83. The average molecular weight is 594 g/mol. The molecule has 0 fully saturated rings. The first-order valence-corrected chi connectivity index (χ1v) is 10.6. The topological polar surface area (TPSA) is 160 Å². The molecule has 0 rings (SSSR count). The number of carbonyl (C=O) groups excluding carboxylic acids is 2. The SMILES string of the molecule is CC#CC#CC#CC#CC#CC#CC(=O)OC[C@H](COP(=O)([O-])[O-])OC(=O)C#CC#CC#CC#CC.N.[HH].[HH].[HH].[HH].[HH].[HH].[HH].[HH].[HH].[HH].[HH].[HH].[HH].[HH].[HH].[HH].[HH].[HH].[Na+].[Na+]. The minimum Gasteiger partial charge on any atom is -0.790 e. The molecule has 0 heterocycles. The molecule has 0 spiro atoms. The first-order valence-electron chi connectivity index (χ1n) is 9.18. The molecule has 12 heteroatoms. The van der Waals surface area contributed by atoms with E-state index >= 15 is 0 Å². The molecule has 1 atom stereocenters. The minimum atomic E-state index is -5.39. The van der Waals surface area contributed by atoms with Crippen LogP contribution in [0.5, 0.6) is 0 Å². The van der Waals surface area contributed by atoms with Gasteiger partial charge in [0.1, 0.15) is 6.61 Å². The second-order valence-electron chi connectivity index (χ2n) is 5.12. The van der Waals surface area contributed by atoms with E-state index in [2.05, 4.69) is 111 Å². The van der Waals surface area contributed by atoms with Crippen LogP contribution in [0.15, 0.2) is 0 Å². The Morgan fingerprint density at radius 3 is 1.41 bits per heavy atom. The molecule has 9 nitrogen and oxygen atoms in total. The van der Waals surface area contributed by atoms with Crippen LogP contribution >= 0.6 is 7.82 Å². The van der Waals surface area contributed by atoms with Crippen molar-refractivity contribution in [3.63, 3.8) is 0 Å². The predicted molar refractivity (Wildman–Crippen MR) is 167 cm³/mol. The van der Waals surface area contributed by atoms with Gasteiger partial charge in [-0.25, -0.2) is 9.59 Å². The molecular formula is C27H50NNa2O8P. The zero-order chi connectivity index (χ0) is 26.9. The third-order valence-corrected chi connectivity index (χ3v) is 3.01. The summed E-state index contributed by atoms with van der Waals surface area (Å²) < 4.78 is 24.2. The van der Waals surface area contributed by atoms with Gasteiger partial charge in [-0.05, 0) is 109 Å². The number of carbonyl (C=O) groups is 2. The van der Waals surface area contributed by atoms with Crippen LogP contribution in [-0.2, 0) is 28.2 Å². The Kier molecular flexibility index (Phi) is 31.9. The van der Waals surface area contributed by atoms with Gasteiger partial charge in [0.15, 0.2) is 6.10 Å². The Morgan fingerprint density at radius 1 is 0.667 bits per heavy atom. The van der Waals surface area contributed by atoms with Crippen LogP contribution in [0.1, 0.15) is 39.5 Å². The summed E-state index contributed by atoms with van der Waals surface area (Å²) in [6.07, 6.45) is -1.48. The van der Waals surface area contributed by atoms with Crippen molar-refractivity contribution in [3.8, 4) is 118 Å². The predicted octanol–water partition coefficient (Wildman–Crippen LogP) is -3.04. The van der Waals surface area contributed by atoms with E-state index in [1.165, 1.54) is 0 Å². The van der Waals surface area contributed by atoms with E-state index in [0.29, 0.717) is 0 Å². The first kappa shape index (κ1) is 42.7. The molecule has 0 aromatic carbocycles. The molecule has 0 unspecified atom stereocenters. The minimum absolute atomic E-state index is 0. The Hall–Kier alpha value is -3.39. The molecule has 0 saturated carbocycles. The molecule has 0 saturated heterocycles. The van der Waals surface area contributed by atoms with Crippen LogP contribution < -0.4 is 75.1 Å². The summed E-state index contributed by atoms with van der Waals surface area (Å²) in [4.78, 5) is 44.7. The van der Waals surface area contributed by atoms with Crippen molar-refractivity contribution in [2.75, 3.05) is 13.2 Å². The van der Waals surface area contributed by atoms with Gasteiger partial charge in [0, 0.05) is 37.5 Å². The Bertz CT molecular complexity index is 1600. The van der Waals surface area contributed by atoms with Crippen LogP contribution in [0.3, 0.4) is 0 Å². The van der Waals surface area contributed by atoms with Crippen LogP contribution in [0.25, 0.3) is 0 Å². The van der Waals surface area contributed by atoms with Gasteiger partial charge in [-0.15, -0.1) is 0 Å². The quantitative estimate of drug-likeness (QED) is 0.111. The summed E-state index contributed by atoms with van der Waals surface area (Å²) in [6, 6.07) is 0. The third kappa shape index (κ3) is 32.6. The molecule has 0 bridgehead atoms. The van der Waals surface area contributed by atoms with Gasteiger partial charge in [-0.1, -0.05) is 11.8 Å². The van der Waals surface area contributed by atoms with Crippen molar-refractivity contribution in [2.45, 2.75) is 20.0 Å². The molecule has 0 aromatic rings. The molecule has 3 N–H and O–H groups in total. The van der Waals surface area contributed by atoms with E-state index in [1.807, 2.05) is 11.8 Å². The standard InChI is InChI=1S/C27H13O8P.H3N.2Na.18H2/c1-3-5-7-9-11-12-13-14-16-17-19-21-26(28)33-23-25(24-34-36(30,31)32)35-27(29)22-20-18-15-10-8-6-4-2;;;;;;;;;;;;;;;;;;;;;/h25H,23-24H2,1-2H3,(H2,30,31,32);1H3;;;18*1H/q;;2*+1;;;;;;;;;;;;;;;;;;/p-2/t25-;;;;;;;;;;;;;;;;;;;;;/m1...................../s1. The van der Waals surface area contributed by atoms with Crippen LogP contribution in [0.2, 0.25) is 0 Å². The van der Waals surface area contributed by atoms with Crippen LogP contribution in [0, 0.1) is 118 Å². The molecule has 0 amide bonds. The summed E-state index contributed by atoms with van der Waals surface area (Å²) in [5.74, 6) is 44.3. The van der Waals surface area contributed by atoms with Gasteiger partial charge in [0.25, 0.3) is 0 Å². The van der Waals surface area contributed by atoms with E-state index in [-0.39, 0.29) is 90.9 Å². The van der Waals surface area contributed by atoms with Crippen molar-refractivity contribution in [3.05, 3.63) is 0 Å². The van der Waals surface area contributed by atoms with Crippen LogP contribution in [-0.4, -0.2) is 31.3 Å². The summed E-state index contributed by atoms with van der Waals surface area (Å²) in [6.45, 7) is 1.61. The normalized spacial score (nSPS) is 7.38. The van der Waals surface area contributed by atoms with E-state index in [0.717, 1.165) is 0 Å². The van der Waals surface area contributed by atoms with Crippen molar-refractivity contribution in [2.24, 2.45) is 0 Å². The maximum absolute atomic E-state index is 11.7. The van der Waals surface area contributed by atoms with E-state index in [4.69, 9.17) is 9.47 Å². The van der Waals surface area contributed by atoms with Crippen molar-refractivity contribution >= 4 is 19.8 Å². The van der Waals surface area contributed by atoms with Gasteiger partial charge in [0.05, 0.1) is 14.4 Å². The summed E-state index contributed by atoms with van der Waals surface area (Å²) in [7, 11) is -5.39. The zero-order valence-electron chi connectivity index (χ0n) is 21.4. The van der Waals surface area contributed by atoms with Crippen LogP contribution in [0.4, 0.5) is 0 Å². The van der Waals surface area contributed by atoms with Gasteiger partial charge in [0.2, 0.25) is 0 Å². The van der Waals surface area contributed by atoms with E-state index < -0.39 is 39.1 Å². The van der Waals surface area contributed by atoms with Crippen molar-refractivity contribution in [1.82, 2.24) is 6.15 Å². The first-order chi connectivity index (χ1) is 17.3. The fourth-order valence-electron chi connectivity index (χ4n) is 1.34. The molecule has 0 aromatic heterocycles. The van der Waals surface area contributed by atoms with E-state index in [9.17, 15) is 23.9 Å². The van der Waals surface area contributed by atoms with Gasteiger partial charge in [-0.3, -0.25) is 0 Å². The zero-order valence-corrected chi connectivity index (χ0v) is 26.3. The largest absolute Gasteiger partial charge is 1.00 e. The maximum atomic E-state index is 11.7. The maximum Gasteiger partial charge on any atom is 1.00 e. The molecule has 0 aliphatic rings. The number of ether oxygens (including phenoxy) is 2. The smallest absolute Gasteiger partial charge is 0.790 e. The number of hydrogen-bond acceptors (Lipinski definition) is 9. The number of hydrogen-bond donors (Lipinski definition) is 1. The molecule has 218 valence electrons. The fourth-order valence-corrected chi connectivity index (χ4v) is 1.69. The van der Waals surface area contributed by atoms with Crippen molar-refractivity contribution < 1.29 is 123 Å². The number of phosphoric ester groups is 1. The van der Waals surface area contributed by atoms with Gasteiger partial charge >= 0.3 is 71.1 Å². The summed E-state index contributed by atoms with van der Waals surface area (Å²) in [5.41, 5.74) is 0. The number of esters is 2. The molecule has 39 heavy (non-hydrogen) atoms. The third-order valence-electron chi connectivity index (χ3n) is 2.55. The van der Waals surface area contributed by atoms with E-state index in [1.54, 1.807) is 13.8 Å². The number of rotatable bonds is 6.